The van der Waals surface area contributed by atoms with E-state index in [9.17, 15) is 19.5 Å². The van der Waals surface area contributed by atoms with Crippen molar-refractivity contribution in [2.45, 2.75) is 104 Å². The molecule has 0 heterocycles. The molecule has 41 heavy (non-hydrogen) atoms. The van der Waals surface area contributed by atoms with Gasteiger partial charge >= 0.3 is 6.09 Å². The van der Waals surface area contributed by atoms with Crippen LogP contribution in [-0.2, 0) is 20.7 Å². The van der Waals surface area contributed by atoms with E-state index in [0.29, 0.717) is 18.7 Å². The van der Waals surface area contributed by atoms with Crippen LogP contribution in [0.25, 0.3) is 0 Å². The Balaban J connectivity index is 2.48. The summed E-state index contributed by atoms with van der Waals surface area (Å²) >= 11 is 0. The summed E-state index contributed by atoms with van der Waals surface area (Å²) in [4.78, 5) is 42.6. The third-order valence-corrected chi connectivity index (χ3v) is 6.66. The molecule has 226 valence electrons. The molecule has 8 heteroatoms. The molecule has 0 aliphatic rings. The van der Waals surface area contributed by atoms with Gasteiger partial charge in [0.15, 0.2) is 0 Å². The molecule has 2 aromatic rings. The van der Waals surface area contributed by atoms with Crippen LogP contribution in [0.2, 0.25) is 0 Å². The van der Waals surface area contributed by atoms with Crippen LogP contribution < -0.4 is 10.6 Å². The van der Waals surface area contributed by atoms with Crippen LogP contribution in [0.4, 0.5) is 4.79 Å². The molecule has 3 amide bonds. The van der Waals surface area contributed by atoms with Crippen LogP contribution in [0.1, 0.15) is 96.7 Å². The van der Waals surface area contributed by atoms with Gasteiger partial charge in [-0.3, -0.25) is 9.59 Å². The first-order valence-electron chi connectivity index (χ1n) is 15.0. The average Bonchev–Trinajstić information content (AvgIpc) is 2.92. The summed E-state index contributed by atoms with van der Waals surface area (Å²) in [5.74, 6) is -0.493. The molecule has 0 saturated heterocycles. The van der Waals surface area contributed by atoms with E-state index < -0.39 is 23.8 Å². The van der Waals surface area contributed by atoms with Gasteiger partial charge in [-0.05, 0) is 56.9 Å². The summed E-state index contributed by atoms with van der Waals surface area (Å²) < 4.78 is 5.50. The van der Waals surface area contributed by atoms with Crippen molar-refractivity contribution in [3.8, 4) is 5.75 Å². The number of phenolic OH excluding ortho intramolecular Hbond substituents is 1. The van der Waals surface area contributed by atoms with Crippen LogP contribution in [-0.4, -0.2) is 52.6 Å². The van der Waals surface area contributed by atoms with Gasteiger partial charge in [-0.15, -0.1) is 0 Å². The largest absolute Gasteiger partial charge is 0.508 e. The Hall–Kier alpha value is -3.55. The highest BCUT2D eigenvalue weighted by Gasteiger charge is 2.36. The maximum absolute atomic E-state index is 14.4. The molecule has 2 atom stereocenters. The maximum atomic E-state index is 14.4. The summed E-state index contributed by atoms with van der Waals surface area (Å²) in [5, 5.41) is 15.6. The van der Waals surface area contributed by atoms with Gasteiger partial charge in [-0.2, -0.15) is 0 Å². The molecule has 3 N–H and O–H groups in total. The van der Waals surface area contributed by atoms with Crippen molar-refractivity contribution in [2.24, 2.45) is 0 Å². The van der Waals surface area contributed by atoms with Gasteiger partial charge in [0.25, 0.3) is 0 Å². The van der Waals surface area contributed by atoms with E-state index in [4.69, 9.17) is 4.74 Å². The Bertz CT molecular complexity index is 1070. The topological polar surface area (TPSA) is 108 Å². The van der Waals surface area contributed by atoms with E-state index >= 15 is 0 Å². The van der Waals surface area contributed by atoms with Crippen molar-refractivity contribution in [1.29, 1.82) is 0 Å². The quantitative estimate of drug-likeness (QED) is 0.207. The van der Waals surface area contributed by atoms with Crippen LogP contribution in [0, 0.1) is 0 Å². The maximum Gasteiger partial charge on any atom is 0.408 e. The molecule has 0 saturated carbocycles. The second kappa shape index (κ2) is 17.3. The summed E-state index contributed by atoms with van der Waals surface area (Å²) in [7, 11) is 0. The number of benzene rings is 2. The van der Waals surface area contributed by atoms with Crippen LogP contribution >= 0.6 is 0 Å². The van der Waals surface area contributed by atoms with Gasteiger partial charge in [-0.1, -0.05) is 88.4 Å². The number of phenols is 1. The number of nitrogens with one attached hydrogen (secondary N) is 2. The average molecular weight is 568 g/mol. The first-order valence-corrected chi connectivity index (χ1v) is 15.0. The highest BCUT2D eigenvalue weighted by Crippen LogP contribution is 2.25. The van der Waals surface area contributed by atoms with Gasteiger partial charge in [0.2, 0.25) is 11.8 Å². The monoisotopic (exact) mass is 567 g/mol. The number of ether oxygens (including phenoxy) is 1. The lowest BCUT2D eigenvalue weighted by molar-refractivity contribution is -0.142. The van der Waals surface area contributed by atoms with Gasteiger partial charge < -0.3 is 25.4 Å². The fourth-order valence-electron chi connectivity index (χ4n) is 4.58. The second-order valence-corrected chi connectivity index (χ2v) is 11.5. The lowest BCUT2D eigenvalue weighted by atomic mass is 9.99. The molecule has 8 nitrogen and oxygen atoms in total. The first kappa shape index (κ1) is 33.7. The van der Waals surface area contributed by atoms with Crippen LogP contribution in [0.5, 0.6) is 5.75 Å². The van der Waals surface area contributed by atoms with E-state index in [1.807, 2.05) is 30.3 Å². The molecule has 0 bridgehead atoms. The van der Waals surface area contributed by atoms with Crippen molar-refractivity contribution in [3.05, 3.63) is 65.7 Å². The van der Waals surface area contributed by atoms with Crippen LogP contribution in [0.3, 0.4) is 0 Å². The fraction of sp³-hybridized carbons (Fsp3) is 0.545. The highest BCUT2D eigenvalue weighted by atomic mass is 16.6. The van der Waals surface area contributed by atoms with Crippen molar-refractivity contribution >= 4 is 17.9 Å². The molecule has 0 aromatic heterocycles. The molecular weight excluding hydrogens is 518 g/mol. The number of alkyl carbamates (subject to hydrolysis) is 1. The number of amides is 3. The summed E-state index contributed by atoms with van der Waals surface area (Å²) in [5.41, 5.74) is 0.717. The minimum Gasteiger partial charge on any atom is -0.508 e. The zero-order valence-corrected chi connectivity index (χ0v) is 25.4. The Labute approximate surface area is 245 Å². The minimum atomic E-state index is -0.986. The van der Waals surface area contributed by atoms with Gasteiger partial charge in [0.1, 0.15) is 23.4 Å². The number of aromatic hydroxyl groups is 1. The predicted molar refractivity (Wildman–Crippen MR) is 163 cm³/mol. The predicted octanol–water partition coefficient (Wildman–Crippen LogP) is 6.28. The third-order valence-electron chi connectivity index (χ3n) is 6.66. The number of carbonyl (C=O) groups excluding carboxylic acids is 3. The Morgan fingerprint density at radius 3 is 2.12 bits per heavy atom. The SMILES string of the molecule is CCCCCCN(C(=O)C(Cc1ccc(O)cc1)NC(=O)OC(C)(C)C)C(C(=O)NCCCCC)c1ccccc1. The highest BCUT2D eigenvalue weighted by molar-refractivity contribution is 5.92. The summed E-state index contributed by atoms with van der Waals surface area (Å²) in [6.45, 7) is 10.4. The van der Waals surface area contributed by atoms with E-state index in [1.165, 1.54) is 0 Å². The molecular formula is C33H49N3O5. The van der Waals surface area contributed by atoms with Crippen molar-refractivity contribution in [2.75, 3.05) is 13.1 Å². The number of nitrogens with zero attached hydrogens (tertiary/aromatic N) is 1. The minimum absolute atomic E-state index is 0.109. The molecule has 2 aromatic carbocycles. The molecule has 2 unspecified atom stereocenters. The Morgan fingerprint density at radius 1 is 0.878 bits per heavy atom. The number of unbranched alkanes of at least 4 members (excludes halogenated alkanes) is 5. The zero-order valence-electron chi connectivity index (χ0n) is 25.4. The molecule has 2 rings (SSSR count). The lowest BCUT2D eigenvalue weighted by Crippen LogP contribution is -2.54. The Kier molecular flexibility index (Phi) is 14.2. The zero-order chi connectivity index (χ0) is 30.3. The van der Waals surface area contributed by atoms with Gasteiger partial charge in [0.05, 0.1) is 0 Å². The lowest BCUT2D eigenvalue weighted by Gasteiger charge is -2.34. The fourth-order valence-corrected chi connectivity index (χ4v) is 4.58. The number of carbonyl (C=O) groups is 3. The summed E-state index contributed by atoms with van der Waals surface area (Å²) in [6, 6.07) is 14.0. The van der Waals surface area contributed by atoms with E-state index in [-0.39, 0.29) is 24.0 Å². The van der Waals surface area contributed by atoms with Crippen LogP contribution in [0.15, 0.2) is 54.6 Å². The number of rotatable bonds is 16. The number of hydrogen-bond donors (Lipinski definition) is 3. The van der Waals surface area contributed by atoms with E-state index in [1.54, 1.807) is 49.9 Å². The Morgan fingerprint density at radius 2 is 1.51 bits per heavy atom. The molecule has 0 aliphatic heterocycles. The first-order chi connectivity index (χ1) is 19.6. The molecule has 0 radical (unpaired) electrons. The second-order valence-electron chi connectivity index (χ2n) is 11.5. The van der Waals surface area contributed by atoms with Gasteiger partial charge in [-0.25, -0.2) is 4.79 Å². The molecule has 0 spiro atoms. The standard InChI is InChI=1S/C33H49N3O5/c1-6-8-10-15-23-36(29(26-16-12-11-13-17-26)30(38)34-22-14-9-7-2)31(39)28(35-32(40)41-33(3,4)5)24-25-18-20-27(37)21-19-25/h11-13,16-21,28-29,37H,6-10,14-15,22-24H2,1-5H3,(H,34,38)(H,35,40). The molecule has 0 aliphatic carbocycles. The van der Waals surface area contributed by atoms with Crippen molar-refractivity contribution < 1.29 is 24.2 Å². The number of hydrogen-bond acceptors (Lipinski definition) is 5. The van der Waals surface area contributed by atoms with E-state index in [2.05, 4.69) is 24.5 Å². The molecule has 0 fully saturated rings. The van der Waals surface area contributed by atoms with Crippen molar-refractivity contribution in [3.63, 3.8) is 0 Å². The van der Waals surface area contributed by atoms with E-state index in [0.717, 1.165) is 50.5 Å². The third kappa shape index (κ3) is 12.2. The van der Waals surface area contributed by atoms with Crippen molar-refractivity contribution in [1.82, 2.24) is 15.5 Å². The normalized spacial score (nSPS) is 12.7. The van der Waals surface area contributed by atoms with Gasteiger partial charge in [0, 0.05) is 19.5 Å². The summed E-state index contributed by atoms with van der Waals surface area (Å²) in [6.07, 6.45) is 6.07. The smallest absolute Gasteiger partial charge is 0.408 e.